The van der Waals surface area contributed by atoms with Gasteiger partial charge in [-0.3, -0.25) is 4.79 Å². The Morgan fingerprint density at radius 1 is 1.18 bits per heavy atom. The van der Waals surface area contributed by atoms with Crippen LogP contribution in [0, 0.1) is 0 Å². The fraction of sp³-hybridized carbons (Fsp3) is 0.200. The number of nitrogens with zero attached hydrogens (tertiary/aromatic N) is 2. The minimum Gasteiger partial charge on any atom is -0.459 e. The molecule has 0 fully saturated rings. The van der Waals surface area contributed by atoms with Crippen LogP contribution < -0.4 is 5.32 Å². The van der Waals surface area contributed by atoms with E-state index in [9.17, 15) is 18.0 Å². The lowest BCUT2D eigenvalue weighted by atomic mass is 10.2. The van der Waals surface area contributed by atoms with Crippen molar-refractivity contribution in [2.45, 2.75) is 25.7 Å². The number of carbonyl (C=O) groups is 1. The number of aromatic nitrogens is 2. The Bertz CT molecular complexity index is 1130. The van der Waals surface area contributed by atoms with Gasteiger partial charge >= 0.3 is 6.18 Å². The number of nitrogens with one attached hydrogen (secondary N) is 1. The minimum atomic E-state index is -4.66. The van der Waals surface area contributed by atoms with Crippen molar-refractivity contribution < 1.29 is 22.4 Å². The van der Waals surface area contributed by atoms with Gasteiger partial charge in [0.25, 0.3) is 0 Å². The first kappa shape index (κ1) is 18.1. The van der Waals surface area contributed by atoms with E-state index < -0.39 is 30.5 Å². The van der Waals surface area contributed by atoms with Gasteiger partial charge in [-0.25, -0.2) is 4.98 Å². The van der Waals surface area contributed by atoms with E-state index in [1.54, 1.807) is 31.2 Å². The molecule has 8 heteroatoms. The quantitative estimate of drug-likeness (QED) is 0.553. The fourth-order valence-corrected chi connectivity index (χ4v) is 3.17. The number of alkyl halides is 3. The molecular weight excluding hydrogens is 371 g/mol. The van der Waals surface area contributed by atoms with E-state index in [4.69, 9.17) is 4.42 Å². The van der Waals surface area contributed by atoms with Gasteiger partial charge in [0, 0.05) is 5.39 Å². The van der Waals surface area contributed by atoms with Gasteiger partial charge in [-0.2, -0.15) is 13.2 Å². The van der Waals surface area contributed by atoms with Crippen molar-refractivity contribution in [2.24, 2.45) is 0 Å². The summed E-state index contributed by atoms with van der Waals surface area (Å²) in [4.78, 5) is 16.1. The third-order valence-corrected chi connectivity index (χ3v) is 4.46. The van der Waals surface area contributed by atoms with Crippen molar-refractivity contribution in [1.82, 2.24) is 14.9 Å². The number of benzene rings is 2. The van der Waals surface area contributed by atoms with E-state index in [-0.39, 0.29) is 11.0 Å². The molecule has 5 nitrogen and oxygen atoms in total. The maximum absolute atomic E-state index is 13.4. The summed E-state index contributed by atoms with van der Waals surface area (Å²) in [6.07, 6.45) is -4.66. The molecule has 0 unspecified atom stereocenters. The van der Waals surface area contributed by atoms with Crippen LogP contribution in [0.15, 0.2) is 59.0 Å². The Balaban J connectivity index is 1.58. The monoisotopic (exact) mass is 387 g/mol. The van der Waals surface area contributed by atoms with Crippen LogP contribution in [0.4, 0.5) is 13.2 Å². The number of para-hydroxylation sites is 3. The SMILES string of the molecule is C[C@H](NC(=O)Cn1c(C(F)(F)F)nc2ccccc21)c1cc2ccccc2o1. The number of carbonyl (C=O) groups excluding carboxylic acids is 1. The topological polar surface area (TPSA) is 60.1 Å². The summed E-state index contributed by atoms with van der Waals surface area (Å²) >= 11 is 0. The molecule has 1 N–H and O–H groups in total. The van der Waals surface area contributed by atoms with E-state index in [0.29, 0.717) is 11.3 Å². The molecular formula is C20H16F3N3O2. The van der Waals surface area contributed by atoms with Crippen LogP contribution in [0.3, 0.4) is 0 Å². The molecule has 0 saturated heterocycles. The molecule has 1 amide bonds. The molecule has 0 spiro atoms. The van der Waals surface area contributed by atoms with Crippen LogP contribution in [0.2, 0.25) is 0 Å². The summed E-state index contributed by atoms with van der Waals surface area (Å²) < 4.78 is 46.6. The molecule has 0 saturated carbocycles. The van der Waals surface area contributed by atoms with E-state index in [2.05, 4.69) is 10.3 Å². The Morgan fingerprint density at radius 3 is 2.64 bits per heavy atom. The second-order valence-corrected chi connectivity index (χ2v) is 6.48. The number of rotatable bonds is 4. The minimum absolute atomic E-state index is 0.188. The summed E-state index contributed by atoms with van der Waals surface area (Å²) in [6.45, 7) is 1.21. The first-order chi connectivity index (χ1) is 13.3. The molecule has 0 aliphatic carbocycles. The fourth-order valence-electron chi connectivity index (χ4n) is 3.17. The molecule has 2 aromatic carbocycles. The molecule has 144 valence electrons. The summed E-state index contributed by atoms with van der Waals surface area (Å²) in [5.74, 6) is -1.14. The Kier molecular flexibility index (Phi) is 4.33. The third kappa shape index (κ3) is 3.33. The highest BCUT2D eigenvalue weighted by Crippen LogP contribution is 2.31. The number of halogens is 3. The highest BCUT2D eigenvalue weighted by atomic mass is 19.4. The van der Waals surface area contributed by atoms with E-state index in [0.717, 1.165) is 9.95 Å². The first-order valence-corrected chi connectivity index (χ1v) is 8.63. The van der Waals surface area contributed by atoms with Crippen LogP contribution in [-0.4, -0.2) is 15.5 Å². The van der Waals surface area contributed by atoms with Gasteiger partial charge in [0.15, 0.2) is 0 Å². The standard InChI is InChI=1S/C20H16F3N3O2/c1-12(17-10-13-6-2-5-9-16(13)28-17)24-18(27)11-26-15-8-4-3-7-14(15)25-19(26)20(21,22)23/h2-10,12H,11H2,1H3,(H,24,27)/t12-/m0/s1. The second kappa shape index (κ2) is 6.70. The van der Waals surface area contributed by atoms with Crippen LogP contribution in [0.1, 0.15) is 24.6 Å². The third-order valence-electron chi connectivity index (χ3n) is 4.46. The van der Waals surface area contributed by atoms with Crippen molar-refractivity contribution >= 4 is 27.9 Å². The van der Waals surface area contributed by atoms with Gasteiger partial charge in [0.05, 0.1) is 17.1 Å². The molecule has 2 heterocycles. The molecule has 0 bridgehead atoms. The van der Waals surface area contributed by atoms with Crippen molar-refractivity contribution in [1.29, 1.82) is 0 Å². The molecule has 4 rings (SSSR count). The van der Waals surface area contributed by atoms with Crippen molar-refractivity contribution in [2.75, 3.05) is 0 Å². The normalized spacial score (nSPS) is 13.1. The average molecular weight is 387 g/mol. The number of fused-ring (bicyclic) bond motifs is 2. The predicted octanol–water partition coefficient (Wildman–Crippen LogP) is 4.68. The zero-order valence-electron chi connectivity index (χ0n) is 14.8. The maximum atomic E-state index is 13.4. The van der Waals surface area contributed by atoms with Gasteiger partial charge in [-0.05, 0) is 31.2 Å². The van der Waals surface area contributed by atoms with Gasteiger partial charge in [-0.15, -0.1) is 0 Å². The number of furan rings is 1. The molecule has 0 aliphatic heterocycles. The molecule has 1 atom stereocenters. The van der Waals surface area contributed by atoms with E-state index >= 15 is 0 Å². The lowest BCUT2D eigenvalue weighted by Crippen LogP contribution is -2.31. The Hall–Kier alpha value is -3.29. The zero-order valence-corrected chi connectivity index (χ0v) is 14.8. The van der Waals surface area contributed by atoms with Crippen LogP contribution in [0.5, 0.6) is 0 Å². The van der Waals surface area contributed by atoms with E-state index in [1.165, 1.54) is 12.1 Å². The van der Waals surface area contributed by atoms with Gasteiger partial charge in [-0.1, -0.05) is 30.3 Å². The largest absolute Gasteiger partial charge is 0.459 e. The molecule has 4 aromatic rings. The smallest absolute Gasteiger partial charge is 0.449 e. The van der Waals surface area contributed by atoms with Crippen molar-refractivity contribution in [3.8, 4) is 0 Å². The molecule has 2 aromatic heterocycles. The summed E-state index contributed by atoms with van der Waals surface area (Å²) in [7, 11) is 0. The van der Waals surface area contributed by atoms with Gasteiger partial charge in [0.2, 0.25) is 11.7 Å². The number of hydrogen-bond acceptors (Lipinski definition) is 3. The summed E-state index contributed by atoms with van der Waals surface area (Å²) in [5.41, 5.74) is 1.12. The van der Waals surface area contributed by atoms with Crippen LogP contribution >= 0.6 is 0 Å². The molecule has 0 aliphatic rings. The molecule has 28 heavy (non-hydrogen) atoms. The Labute approximate surface area is 157 Å². The Morgan fingerprint density at radius 2 is 1.89 bits per heavy atom. The average Bonchev–Trinajstić information content (AvgIpc) is 3.23. The number of amides is 1. The number of imidazole rings is 1. The second-order valence-electron chi connectivity index (χ2n) is 6.48. The lowest BCUT2D eigenvalue weighted by Gasteiger charge is -2.14. The first-order valence-electron chi connectivity index (χ1n) is 8.63. The predicted molar refractivity (Wildman–Crippen MR) is 97.5 cm³/mol. The molecule has 0 radical (unpaired) electrons. The summed E-state index contributed by atoms with van der Waals surface area (Å²) in [6, 6.07) is 14.9. The van der Waals surface area contributed by atoms with Crippen LogP contribution in [0.25, 0.3) is 22.0 Å². The maximum Gasteiger partial charge on any atom is 0.449 e. The van der Waals surface area contributed by atoms with E-state index in [1.807, 2.05) is 18.2 Å². The van der Waals surface area contributed by atoms with Crippen LogP contribution in [-0.2, 0) is 17.5 Å². The van der Waals surface area contributed by atoms with Crippen molar-refractivity contribution in [3.05, 3.63) is 66.2 Å². The highest BCUT2D eigenvalue weighted by Gasteiger charge is 2.38. The zero-order chi connectivity index (χ0) is 19.9. The van der Waals surface area contributed by atoms with Crippen molar-refractivity contribution in [3.63, 3.8) is 0 Å². The van der Waals surface area contributed by atoms with Gasteiger partial charge < -0.3 is 14.3 Å². The number of hydrogen-bond donors (Lipinski definition) is 1. The highest BCUT2D eigenvalue weighted by molar-refractivity contribution is 5.82. The van der Waals surface area contributed by atoms with Gasteiger partial charge in [0.1, 0.15) is 17.9 Å². The lowest BCUT2D eigenvalue weighted by molar-refractivity contribution is -0.147. The summed E-state index contributed by atoms with van der Waals surface area (Å²) in [5, 5.41) is 3.58.